The number of nitrogen functional groups attached to an aromatic ring is 1. The van der Waals surface area contributed by atoms with Crippen molar-refractivity contribution in [2.24, 2.45) is 5.73 Å². The van der Waals surface area contributed by atoms with E-state index < -0.39 is 22.8 Å². The summed E-state index contributed by atoms with van der Waals surface area (Å²) in [5.74, 6) is -0.758. The molecule has 0 aliphatic carbocycles. The highest BCUT2D eigenvalue weighted by Gasteiger charge is 2.45. The zero-order valence-corrected chi connectivity index (χ0v) is 28.3. The maximum Gasteiger partial charge on any atom is 0.217 e. The zero-order valence-electron chi connectivity index (χ0n) is 28.3. The van der Waals surface area contributed by atoms with E-state index >= 15 is 4.39 Å². The lowest BCUT2D eigenvalue weighted by molar-refractivity contribution is -0.119. The number of carbonyl (C=O) groups excluding carboxylic acids is 2. The maximum absolute atomic E-state index is 15.4. The topological polar surface area (TPSA) is 162 Å². The summed E-state index contributed by atoms with van der Waals surface area (Å²) in [6, 6.07) is 10.1. The highest BCUT2D eigenvalue weighted by atomic mass is 19.1. The Morgan fingerprint density at radius 1 is 1.19 bits per heavy atom. The number of nitrogens with one attached hydrogen (secondary N) is 2. The molecule has 0 spiro atoms. The second-order valence-corrected chi connectivity index (χ2v) is 11.5. The van der Waals surface area contributed by atoms with Crippen LogP contribution in [0, 0.1) is 18.6 Å². The van der Waals surface area contributed by atoms with Gasteiger partial charge in [-0.25, -0.2) is 13.8 Å². The summed E-state index contributed by atoms with van der Waals surface area (Å²) in [4.78, 5) is 27.0. The number of hydrogen-bond donors (Lipinski definition) is 5. The number of ether oxygens (including phenoxy) is 2. The molecular formula is C35H47F2N5O5. The Balaban J connectivity index is 0.000000401. The summed E-state index contributed by atoms with van der Waals surface area (Å²) in [5.41, 5.74) is 12.6. The minimum absolute atomic E-state index is 0.0196. The van der Waals surface area contributed by atoms with Gasteiger partial charge in [0.05, 0.1) is 43.3 Å². The van der Waals surface area contributed by atoms with Gasteiger partial charge in [-0.05, 0) is 81.8 Å². The molecule has 12 heteroatoms. The molecule has 10 nitrogen and oxygen atoms in total. The molecule has 256 valence electrons. The van der Waals surface area contributed by atoms with Crippen LogP contribution in [0.2, 0.25) is 0 Å². The van der Waals surface area contributed by atoms with Crippen LogP contribution in [0.1, 0.15) is 70.3 Å². The summed E-state index contributed by atoms with van der Waals surface area (Å²) in [5, 5.41) is 15.9. The van der Waals surface area contributed by atoms with Crippen molar-refractivity contribution in [2.75, 3.05) is 26.0 Å². The molecule has 2 unspecified atom stereocenters. The van der Waals surface area contributed by atoms with Crippen molar-refractivity contribution >= 4 is 24.1 Å². The number of nitrogens with two attached hydrogens (primary N) is 2. The largest absolute Gasteiger partial charge is 0.495 e. The number of aryl methyl sites for hydroxylation is 1. The van der Waals surface area contributed by atoms with Gasteiger partial charge < -0.3 is 36.7 Å². The number of allylic oxidation sites excluding steroid dienone is 1. The minimum Gasteiger partial charge on any atom is -0.495 e. The van der Waals surface area contributed by atoms with Crippen LogP contribution in [0.3, 0.4) is 0 Å². The first-order valence-electron chi connectivity index (χ1n) is 15.3. The quantitative estimate of drug-likeness (QED) is 0.158. The Kier molecular flexibility index (Phi) is 13.8. The van der Waals surface area contributed by atoms with Crippen molar-refractivity contribution in [1.29, 1.82) is 0 Å². The van der Waals surface area contributed by atoms with Gasteiger partial charge in [-0.3, -0.25) is 9.59 Å². The van der Waals surface area contributed by atoms with Crippen LogP contribution >= 0.6 is 0 Å². The summed E-state index contributed by atoms with van der Waals surface area (Å²) in [6.45, 7) is 12.3. The molecule has 4 rings (SSSR count). The molecule has 2 aromatic carbocycles. The summed E-state index contributed by atoms with van der Waals surface area (Å²) >= 11 is 0. The monoisotopic (exact) mass is 655 g/mol. The van der Waals surface area contributed by atoms with Crippen molar-refractivity contribution in [2.45, 2.75) is 72.1 Å². The van der Waals surface area contributed by atoms with Gasteiger partial charge in [0.2, 0.25) is 12.3 Å². The zero-order chi connectivity index (χ0) is 35.5. The molecule has 1 aliphatic heterocycles. The third-order valence-electron chi connectivity index (χ3n) is 7.14. The Morgan fingerprint density at radius 3 is 2.36 bits per heavy atom. The lowest BCUT2D eigenvalue weighted by Gasteiger charge is -2.30. The van der Waals surface area contributed by atoms with E-state index in [0.717, 1.165) is 16.8 Å². The van der Waals surface area contributed by atoms with Crippen molar-refractivity contribution in [1.82, 2.24) is 15.6 Å². The number of aromatic nitrogens is 1. The minimum atomic E-state index is -1.55. The molecule has 2 heterocycles. The number of methoxy groups -OCH3 is 1. The number of hydrogen-bond acceptors (Lipinski definition) is 8. The van der Waals surface area contributed by atoms with Gasteiger partial charge in [0.25, 0.3) is 0 Å². The van der Waals surface area contributed by atoms with Crippen LogP contribution in [0.5, 0.6) is 5.75 Å². The molecule has 7 N–H and O–H groups in total. The lowest BCUT2D eigenvalue weighted by atomic mass is 9.88. The molecular weight excluding hydrogens is 608 g/mol. The Labute approximate surface area is 275 Å². The fraction of sp³-hybridized carbons (Fsp3) is 0.400. The van der Waals surface area contributed by atoms with Crippen LogP contribution < -0.4 is 26.8 Å². The number of aliphatic hydroxyl groups is 1. The van der Waals surface area contributed by atoms with Crippen LogP contribution in [0.4, 0.5) is 14.5 Å². The van der Waals surface area contributed by atoms with Crippen LogP contribution in [-0.2, 0) is 25.5 Å². The first kappa shape index (κ1) is 38.6. The van der Waals surface area contributed by atoms with E-state index in [1.165, 1.54) is 51.1 Å². The number of amides is 2. The first-order chi connectivity index (χ1) is 22.1. The number of benzene rings is 2. The van der Waals surface area contributed by atoms with Gasteiger partial charge in [-0.15, -0.1) is 0 Å². The van der Waals surface area contributed by atoms with Crippen molar-refractivity contribution in [3.05, 3.63) is 82.2 Å². The summed E-state index contributed by atoms with van der Waals surface area (Å²) in [7, 11) is 1.61. The second-order valence-electron chi connectivity index (χ2n) is 11.5. The van der Waals surface area contributed by atoms with Crippen LogP contribution in [-0.4, -0.2) is 48.7 Å². The molecule has 2 atom stereocenters. The standard InChI is InChI=1S/C22H25F2N3O4.C11H16N2O.C2H6/c1-13(29)26-16-9-22(31-10-16,11-25-12-28)18-8-17(21(2,3)30)19(24)20(27-18)14-4-6-15(23)7-5-14;1-7-4-9(6-8(2)12)11(13)10(5-7)14-3;1-2/h4-8,12,16,30H,9-11H2,1-3H3,(H,25,28)(H,26,29);4-6H,12-13H2,1-3H3;1-2H3/b;8-6-;. The highest BCUT2D eigenvalue weighted by Crippen LogP contribution is 2.39. The maximum atomic E-state index is 15.4. The van der Waals surface area contributed by atoms with E-state index in [0.29, 0.717) is 23.4 Å². The molecule has 1 fully saturated rings. The van der Waals surface area contributed by atoms with E-state index in [2.05, 4.69) is 15.6 Å². The summed E-state index contributed by atoms with van der Waals surface area (Å²) in [6.07, 6.45) is 2.63. The molecule has 1 aliphatic rings. The molecule has 47 heavy (non-hydrogen) atoms. The van der Waals surface area contributed by atoms with Crippen LogP contribution in [0.15, 0.2) is 48.2 Å². The fourth-order valence-corrected chi connectivity index (χ4v) is 5.09. The average molecular weight is 656 g/mol. The number of anilines is 1. The molecule has 1 aromatic heterocycles. The Bertz CT molecular complexity index is 1550. The predicted molar refractivity (Wildman–Crippen MR) is 180 cm³/mol. The Morgan fingerprint density at radius 2 is 1.83 bits per heavy atom. The number of pyridine rings is 1. The first-order valence-corrected chi connectivity index (χ1v) is 15.3. The molecule has 0 bridgehead atoms. The predicted octanol–water partition coefficient (Wildman–Crippen LogP) is 5.05. The third kappa shape index (κ3) is 10.2. The molecule has 2 amide bonds. The number of halogens is 2. The molecule has 0 saturated carbocycles. The number of rotatable bonds is 9. The SMILES string of the molecule is CC.CC(=O)NC1COC(CNC=O)(c2cc(C(C)(C)O)c(F)c(-c3ccc(F)cc3)n2)C1.COc1cc(C)cc(/C=C(/C)N)c1N. The average Bonchev–Trinajstić information content (AvgIpc) is 3.41. The van der Waals surface area contributed by atoms with E-state index in [4.69, 9.17) is 20.9 Å². The van der Waals surface area contributed by atoms with Gasteiger partial charge >= 0.3 is 0 Å². The van der Waals surface area contributed by atoms with Gasteiger partial charge in [0, 0.05) is 35.7 Å². The van der Waals surface area contributed by atoms with E-state index in [1.807, 2.05) is 45.9 Å². The molecule has 1 saturated heterocycles. The van der Waals surface area contributed by atoms with Gasteiger partial charge in [0.15, 0.2) is 5.82 Å². The van der Waals surface area contributed by atoms with Crippen molar-refractivity contribution < 1.29 is 33.0 Å². The van der Waals surface area contributed by atoms with E-state index in [-0.39, 0.29) is 48.5 Å². The van der Waals surface area contributed by atoms with Gasteiger partial charge in [-0.2, -0.15) is 0 Å². The van der Waals surface area contributed by atoms with Gasteiger partial charge in [-0.1, -0.05) is 13.8 Å². The third-order valence-corrected chi connectivity index (χ3v) is 7.14. The lowest BCUT2D eigenvalue weighted by Crippen LogP contribution is -2.40. The smallest absolute Gasteiger partial charge is 0.217 e. The van der Waals surface area contributed by atoms with Crippen molar-refractivity contribution in [3.63, 3.8) is 0 Å². The normalized spacial score (nSPS) is 17.4. The Hall–Kier alpha value is -4.55. The molecule has 3 aromatic rings. The van der Waals surface area contributed by atoms with E-state index in [1.54, 1.807) is 7.11 Å². The fourth-order valence-electron chi connectivity index (χ4n) is 5.09. The highest BCUT2D eigenvalue weighted by molar-refractivity contribution is 5.73. The van der Waals surface area contributed by atoms with E-state index in [9.17, 15) is 19.1 Å². The van der Waals surface area contributed by atoms with Crippen molar-refractivity contribution in [3.8, 4) is 17.0 Å². The number of carbonyl (C=O) groups is 2. The number of nitrogens with zero attached hydrogens (tertiary/aromatic N) is 1. The van der Waals surface area contributed by atoms with Gasteiger partial charge in [0.1, 0.15) is 22.9 Å². The second kappa shape index (κ2) is 16.8. The summed E-state index contributed by atoms with van der Waals surface area (Å²) < 4.78 is 39.9. The van der Waals surface area contributed by atoms with Crippen LogP contribution in [0.25, 0.3) is 17.3 Å². The molecule has 0 radical (unpaired) electrons.